The Balaban J connectivity index is 2.30. The molecule has 0 saturated carbocycles. The molecule has 0 aliphatic carbocycles. The van der Waals surface area contributed by atoms with Crippen LogP contribution in [-0.2, 0) is 10.2 Å². The quantitative estimate of drug-likeness (QED) is 0.450. The van der Waals surface area contributed by atoms with Gasteiger partial charge < -0.3 is 15.0 Å². The zero-order chi connectivity index (χ0) is 17.5. The van der Waals surface area contributed by atoms with Gasteiger partial charge in [0, 0.05) is 18.7 Å². The van der Waals surface area contributed by atoms with Crippen molar-refractivity contribution in [1.29, 1.82) is 0 Å². The second-order valence-corrected chi connectivity index (χ2v) is 7.86. The van der Waals surface area contributed by atoms with Crippen LogP contribution < -0.4 is 5.32 Å². The molecule has 0 saturated heterocycles. The number of ether oxygens (including phenoxy) is 1. The predicted octanol–water partition coefficient (Wildman–Crippen LogP) is 4.87. The predicted molar refractivity (Wildman–Crippen MR) is 106 cm³/mol. The summed E-state index contributed by atoms with van der Waals surface area (Å²) < 4.78 is 7.42. The van der Waals surface area contributed by atoms with E-state index in [2.05, 4.69) is 44.8 Å². The average molecular weight is 357 g/mol. The van der Waals surface area contributed by atoms with E-state index in [0.29, 0.717) is 6.61 Å². The molecule has 0 atom stereocenters. The molecule has 0 radical (unpaired) electrons. The first kappa shape index (κ1) is 20.7. The van der Waals surface area contributed by atoms with Gasteiger partial charge in [-0.15, -0.1) is 0 Å². The van der Waals surface area contributed by atoms with Crippen LogP contribution in [-0.4, -0.2) is 44.3 Å². The first-order chi connectivity index (χ1) is 10.8. The Morgan fingerprint density at radius 2 is 1.57 bits per heavy atom. The third-order valence-electron chi connectivity index (χ3n) is 3.84. The van der Waals surface area contributed by atoms with Crippen molar-refractivity contribution in [2.24, 2.45) is 0 Å². The van der Waals surface area contributed by atoms with Crippen LogP contribution in [0.3, 0.4) is 0 Å². The average Bonchev–Trinajstić information content (AvgIpc) is 2.47. The summed E-state index contributed by atoms with van der Waals surface area (Å²) in [5, 5.41) is 3.41. The summed E-state index contributed by atoms with van der Waals surface area (Å²) in [4.78, 5) is 2.47. The van der Waals surface area contributed by atoms with Gasteiger partial charge in [0.25, 0.3) is 0 Å². The summed E-state index contributed by atoms with van der Waals surface area (Å²) in [6, 6.07) is 0. The fraction of sp³-hybridized carbons (Fsp3) is 0.778. The van der Waals surface area contributed by atoms with E-state index in [1.54, 1.807) is 0 Å². The van der Waals surface area contributed by atoms with Crippen LogP contribution in [0.2, 0.25) is 0 Å². The number of anilines is 1. The summed E-state index contributed by atoms with van der Waals surface area (Å²) in [5.41, 5.74) is 2.29. The Hall–Kier alpha value is -0.360. The number of hydrogen-bond donors (Lipinski definition) is 1. The van der Waals surface area contributed by atoms with Crippen molar-refractivity contribution >= 4 is 30.1 Å². The van der Waals surface area contributed by atoms with Gasteiger partial charge in [0.2, 0.25) is 0 Å². The minimum Gasteiger partial charge on any atom is -0.381 e. The van der Waals surface area contributed by atoms with Crippen molar-refractivity contribution in [2.75, 3.05) is 44.7 Å². The molecular formula is C18H32N2OS2. The monoisotopic (exact) mass is 356 g/mol. The van der Waals surface area contributed by atoms with Crippen LogP contribution in [0, 0.1) is 9.02 Å². The third kappa shape index (κ3) is 6.22. The largest absolute Gasteiger partial charge is 0.381 e. The highest BCUT2D eigenvalue weighted by Gasteiger charge is 2.25. The highest BCUT2D eigenvalue weighted by atomic mass is 32.1. The summed E-state index contributed by atoms with van der Waals surface area (Å²) in [7, 11) is 0. The molecule has 3 nitrogen and oxygen atoms in total. The fourth-order valence-corrected chi connectivity index (χ4v) is 3.57. The van der Waals surface area contributed by atoms with Crippen molar-refractivity contribution in [2.45, 2.75) is 52.9 Å². The Morgan fingerprint density at radius 1 is 0.957 bits per heavy atom. The van der Waals surface area contributed by atoms with E-state index >= 15 is 0 Å². The molecule has 0 fully saturated rings. The third-order valence-corrected chi connectivity index (χ3v) is 4.79. The molecule has 0 aliphatic rings. The highest BCUT2D eigenvalue weighted by molar-refractivity contribution is 7.74. The van der Waals surface area contributed by atoms with E-state index in [1.165, 1.54) is 18.4 Å². The molecule has 0 amide bonds. The molecule has 5 heteroatoms. The Morgan fingerprint density at radius 3 is 2.09 bits per heavy atom. The van der Waals surface area contributed by atoms with Crippen molar-refractivity contribution in [3.63, 3.8) is 0 Å². The number of nitrogens with zero attached hydrogens (tertiary/aromatic N) is 1. The molecular weight excluding hydrogens is 324 g/mol. The fourth-order valence-electron chi connectivity index (χ4n) is 2.79. The molecule has 0 aliphatic heterocycles. The lowest BCUT2D eigenvalue weighted by Crippen LogP contribution is -2.29. The highest BCUT2D eigenvalue weighted by Crippen LogP contribution is 2.36. The topological polar surface area (TPSA) is 24.5 Å². The van der Waals surface area contributed by atoms with E-state index in [4.69, 9.17) is 29.2 Å². The van der Waals surface area contributed by atoms with Gasteiger partial charge in [0.1, 0.15) is 0 Å². The maximum Gasteiger partial charge on any atom is 0.0796 e. The van der Waals surface area contributed by atoms with E-state index < -0.39 is 0 Å². The van der Waals surface area contributed by atoms with Crippen molar-refractivity contribution in [1.82, 2.24) is 4.90 Å². The maximum atomic E-state index is 5.76. The smallest absolute Gasteiger partial charge is 0.0796 e. The lowest BCUT2D eigenvalue weighted by molar-refractivity contribution is 0.111. The van der Waals surface area contributed by atoms with Crippen molar-refractivity contribution in [3.8, 4) is 0 Å². The molecule has 1 aromatic carbocycles. The first-order valence-electron chi connectivity index (χ1n) is 8.70. The molecule has 0 aromatic heterocycles. The Kier molecular flexibility index (Phi) is 8.83. The Bertz CT molecular complexity index is 536. The molecule has 1 N–H and O–H groups in total. The van der Waals surface area contributed by atoms with Crippen LogP contribution in [0.15, 0.2) is 0 Å². The lowest BCUT2D eigenvalue weighted by Gasteiger charge is -2.27. The standard InChI is InChI=1S/C18H32N2OS2/c1-6-9-20(10-7-2)11-13-21-12-8-19-15-14(18(3,4)5)16(22)17(15)23/h19H,6-13H2,1-5H3. The van der Waals surface area contributed by atoms with E-state index in [1.807, 2.05) is 0 Å². The van der Waals surface area contributed by atoms with E-state index in [0.717, 1.165) is 47.5 Å². The summed E-state index contributed by atoms with van der Waals surface area (Å²) in [6.07, 6.45) is 2.39. The molecule has 132 valence electrons. The molecule has 1 aromatic rings. The maximum absolute atomic E-state index is 5.76. The zero-order valence-corrected chi connectivity index (χ0v) is 17.0. The van der Waals surface area contributed by atoms with E-state index in [-0.39, 0.29) is 5.41 Å². The van der Waals surface area contributed by atoms with Gasteiger partial charge in [-0.1, -0.05) is 59.1 Å². The SMILES string of the molecule is CCCN(CCC)CCOCCNc1c(C(C)(C)C)c(=S)c1=S. The molecule has 0 unspecified atom stereocenters. The first-order valence-corrected chi connectivity index (χ1v) is 9.52. The minimum atomic E-state index is 0.0450. The van der Waals surface area contributed by atoms with E-state index in [9.17, 15) is 0 Å². The van der Waals surface area contributed by atoms with Gasteiger partial charge in [-0.2, -0.15) is 0 Å². The van der Waals surface area contributed by atoms with Gasteiger partial charge in [0.05, 0.1) is 27.9 Å². The molecule has 0 spiro atoms. The van der Waals surface area contributed by atoms with Crippen LogP contribution in [0.1, 0.15) is 53.0 Å². The summed E-state index contributed by atoms with van der Waals surface area (Å²) in [5.74, 6) is 0. The number of rotatable bonds is 11. The van der Waals surface area contributed by atoms with Gasteiger partial charge >= 0.3 is 0 Å². The molecule has 1 rings (SSSR count). The number of nitrogens with one attached hydrogen (secondary N) is 1. The zero-order valence-electron chi connectivity index (χ0n) is 15.3. The Labute approximate surface area is 152 Å². The van der Waals surface area contributed by atoms with Crippen LogP contribution in [0.25, 0.3) is 0 Å². The van der Waals surface area contributed by atoms with Gasteiger partial charge in [-0.3, -0.25) is 0 Å². The lowest BCUT2D eigenvalue weighted by atomic mass is 9.83. The molecule has 0 bridgehead atoms. The van der Waals surface area contributed by atoms with Crippen molar-refractivity contribution in [3.05, 3.63) is 14.6 Å². The second-order valence-electron chi connectivity index (χ2n) is 7.04. The van der Waals surface area contributed by atoms with Crippen LogP contribution >= 0.6 is 24.4 Å². The van der Waals surface area contributed by atoms with Gasteiger partial charge in [-0.05, 0) is 31.3 Å². The van der Waals surface area contributed by atoms with Crippen LogP contribution in [0.5, 0.6) is 0 Å². The minimum absolute atomic E-state index is 0.0450. The van der Waals surface area contributed by atoms with Crippen molar-refractivity contribution < 1.29 is 4.74 Å². The second kappa shape index (κ2) is 9.82. The molecule has 23 heavy (non-hydrogen) atoms. The number of hydrogen-bond acceptors (Lipinski definition) is 5. The normalized spacial score (nSPS) is 12.3. The summed E-state index contributed by atoms with van der Waals surface area (Å²) >= 11 is 10.7. The summed E-state index contributed by atoms with van der Waals surface area (Å²) in [6.45, 7) is 16.5. The van der Waals surface area contributed by atoms with Crippen LogP contribution in [0.4, 0.5) is 5.69 Å². The molecule has 0 heterocycles. The van der Waals surface area contributed by atoms with Gasteiger partial charge in [0.15, 0.2) is 0 Å². The van der Waals surface area contributed by atoms with Gasteiger partial charge in [-0.25, -0.2) is 0 Å².